The number of nitrogens with one attached hydrogen (secondary N) is 2. The van der Waals surface area contributed by atoms with Crippen LogP contribution in [0.5, 0.6) is 0 Å². The van der Waals surface area contributed by atoms with Crippen LogP contribution in [0.3, 0.4) is 0 Å². The molecule has 1 heterocycles. The Balaban J connectivity index is 2.63. The van der Waals surface area contributed by atoms with Gasteiger partial charge >= 0.3 is 5.97 Å². The molecule has 0 unspecified atom stereocenters. The van der Waals surface area contributed by atoms with Crippen LogP contribution in [-0.4, -0.2) is 42.4 Å². The van der Waals surface area contributed by atoms with Crippen molar-refractivity contribution in [1.82, 2.24) is 9.97 Å². The molecule has 7 heteroatoms. The molecular formula is C11H18N4O2S. The molecular weight excluding hydrogens is 252 g/mol. The van der Waals surface area contributed by atoms with Crippen LogP contribution in [0.15, 0.2) is 11.2 Å². The molecule has 18 heavy (non-hydrogen) atoms. The van der Waals surface area contributed by atoms with Gasteiger partial charge in [0.15, 0.2) is 5.16 Å². The number of nitrogens with zero attached hydrogens (tertiary/aromatic N) is 2. The fourth-order valence-electron chi connectivity index (χ4n) is 1.27. The number of rotatable bonds is 7. The van der Waals surface area contributed by atoms with E-state index in [1.54, 1.807) is 0 Å². The van der Waals surface area contributed by atoms with Gasteiger partial charge in [0, 0.05) is 19.2 Å². The number of ether oxygens (including phenoxy) is 1. The molecule has 1 rings (SSSR count). The van der Waals surface area contributed by atoms with E-state index in [9.17, 15) is 4.79 Å². The summed E-state index contributed by atoms with van der Waals surface area (Å²) in [5.41, 5.74) is 0. The number of carbonyl (C=O) groups excluding carboxylic acids is 1. The monoisotopic (exact) mass is 270 g/mol. The molecule has 1 aromatic rings. The Labute approximate surface area is 111 Å². The van der Waals surface area contributed by atoms with Crippen molar-refractivity contribution in [3.63, 3.8) is 0 Å². The number of aromatic nitrogens is 2. The third-order valence-electron chi connectivity index (χ3n) is 2.11. The highest BCUT2D eigenvalue weighted by atomic mass is 32.2. The number of carbonyl (C=O) groups is 1. The van der Waals surface area contributed by atoms with Gasteiger partial charge in [0.1, 0.15) is 11.6 Å². The fourth-order valence-corrected chi connectivity index (χ4v) is 1.65. The molecule has 0 aliphatic rings. The standard InChI is InChI=1S/C11H18N4O2S/c1-4-12-8-7-9(15-11(14-8)18-3)13-6-5-10(16)17-2/h7H,4-6H2,1-3H3,(H2,12,13,14,15). The largest absolute Gasteiger partial charge is 0.469 e. The zero-order chi connectivity index (χ0) is 13.4. The van der Waals surface area contributed by atoms with Gasteiger partial charge in [0.2, 0.25) is 0 Å². The van der Waals surface area contributed by atoms with Crippen LogP contribution in [0.4, 0.5) is 11.6 Å². The van der Waals surface area contributed by atoms with Crippen LogP contribution < -0.4 is 10.6 Å². The number of hydrogen-bond acceptors (Lipinski definition) is 7. The van der Waals surface area contributed by atoms with Crippen LogP contribution in [0, 0.1) is 0 Å². The Morgan fingerprint density at radius 1 is 1.39 bits per heavy atom. The first kappa shape index (κ1) is 14.6. The molecule has 0 aromatic carbocycles. The molecule has 0 fully saturated rings. The maximum Gasteiger partial charge on any atom is 0.307 e. The topological polar surface area (TPSA) is 76.1 Å². The van der Waals surface area contributed by atoms with Crippen LogP contribution in [0.2, 0.25) is 0 Å². The molecule has 1 aromatic heterocycles. The van der Waals surface area contributed by atoms with E-state index in [1.165, 1.54) is 18.9 Å². The van der Waals surface area contributed by atoms with Crippen molar-refractivity contribution in [2.24, 2.45) is 0 Å². The van der Waals surface area contributed by atoms with E-state index in [0.29, 0.717) is 23.9 Å². The van der Waals surface area contributed by atoms with Crippen LogP contribution in [-0.2, 0) is 9.53 Å². The minimum absolute atomic E-state index is 0.242. The quantitative estimate of drug-likeness (QED) is 0.443. The first-order valence-corrected chi connectivity index (χ1v) is 6.89. The van der Waals surface area contributed by atoms with E-state index in [0.717, 1.165) is 12.4 Å². The molecule has 0 bridgehead atoms. The smallest absolute Gasteiger partial charge is 0.307 e. The number of anilines is 2. The summed E-state index contributed by atoms with van der Waals surface area (Å²) in [6, 6.07) is 1.82. The van der Waals surface area contributed by atoms with E-state index in [1.807, 2.05) is 19.2 Å². The molecule has 100 valence electrons. The molecule has 6 nitrogen and oxygen atoms in total. The van der Waals surface area contributed by atoms with Crippen LogP contribution >= 0.6 is 11.8 Å². The average Bonchev–Trinajstić information content (AvgIpc) is 2.38. The Kier molecular flexibility index (Phi) is 6.27. The van der Waals surface area contributed by atoms with Gasteiger partial charge in [-0.3, -0.25) is 4.79 Å². The lowest BCUT2D eigenvalue weighted by atomic mass is 10.4. The van der Waals surface area contributed by atoms with Gasteiger partial charge in [-0.1, -0.05) is 11.8 Å². The predicted molar refractivity (Wildman–Crippen MR) is 73.1 cm³/mol. The Bertz CT molecular complexity index is 401. The molecule has 0 atom stereocenters. The SMILES string of the molecule is CCNc1cc(NCCC(=O)OC)nc(SC)n1. The fraction of sp³-hybridized carbons (Fsp3) is 0.545. The summed E-state index contributed by atoms with van der Waals surface area (Å²) in [5.74, 6) is 1.24. The zero-order valence-corrected chi connectivity index (χ0v) is 11.6. The Morgan fingerprint density at radius 2 is 2.06 bits per heavy atom. The van der Waals surface area contributed by atoms with E-state index in [4.69, 9.17) is 0 Å². The second kappa shape index (κ2) is 7.75. The van der Waals surface area contributed by atoms with Gasteiger partial charge < -0.3 is 15.4 Å². The van der Waals surface area contributed by atoms with Crippen molar-refractivity contribution < 1.29 is 9.53 Å². The summed E-state index contributed by atoms with van der Waals surface area (Å²) >= 11 is 1.47. The van der Waals surface area contributed by atoms with Crippen molar-refractivity contribution >= 4 is 29.4 Å². The van der Waals surface area contributed by atoms with Crippen LogP contribution in [0.1, 0.15) is 13.3 Å². The van der Waals surface area contributed by atoms with E-state index >= 15 is 0 Å². The molecule has 0 saturated carbocycles. The molecule has 0 amide bonds. The highest BCUT2D eigenvalue weighted by Crippen LogP contribution is 2.17. The van der Waals surface area contributed by atoms with Crippen molar-refractivity contribution in [1.29, 1.82) is 0 Å². The molecule has 0 aliphatic heterocycles. The van der Waals surface area contributed by atoms with Crippen molar-refractivity contribution in [2.75, 3.05) is 37.1 Å². The van der Waals surface area contributed by atoms with Crippen molar-refractivity contribution in [3.05, 3.63) is 6.07 Å². The highest BCUT2D eigenvalue weighted by molar-refractivity contribution is 7.98. The normalized spacial score (nSPS) is 9.94. The lowest BCUT2D eigenvalue weighted by Gasteiger charge is -2.09. The minimum Gasteiger partial charge on any atom is -0.469 e. The van der Waals surface area contributed by atoms with E-state index < -0.39 is 0 Å². The van der Waals surface area contributed by atoms with Gasteiger partial charge in [-0.25, -0.2) is 9.97 Å². The number of methoxy groups -OCH3 is 1. The lowest BCUT2D eigenvalue weighted by molar-refractivity contribution is -0.140. The summed E-state index contributed by atoms with van der Waals surface area (Å²) in [4.78, 5) is 19.6. The molecule has 2 N–H and O–H groups in total. The zero-order valence-electron chi connectivity index (χ0n) is 10.8. The summed E-state index contributed by atoms with van der Waals surface area (Å²) in [7, 11) is 1.38. The summed E-state index contributed by atoms with van der Waals surface area (Å²) in [5, 5.41) is 6.90. The summed E-state index contributed by atoms with van der Waals surface area (Å²) < 4.78 is 4.57. The van der Waals surface area contributed by atoms with E-state index in [2.05, 4.69) is 25.3 Å². The summed E-state index contributed by atoms with van der Waals surface area (Å²) in [6.45, 7) is 3.29. The van der Waals surface area contributed by atoms with Gasteiger partial charge in [0.05, 0.1) is 13.5 Å². The van der Waals surface area contributed by atoms with Gasteiger partial charge in [-0.05, 0) is 13.2 Å². The maximum absolute atomic E-state index is 11.0. The lowest BCUT2D eigenvalue weighted by Crippen LogP contribution is -2.11. The van der Waals surface area contributed by atoms with Gasteiger partial charge in [0.25, 0.3) is 0 Å². The van der Waals surface area contributed by atoms with Gasteiger partial charge in [-0.15, -0.1) is 0 Å². The maximum atomic E-state index is 11.0. The van der Waals surface area contributed by atoms with E-state index in [-0.39, 0.29) is 5.97 Å². The molecule has 0 saturated heterocycles. The second-order valence-corrected chi connectivity index (χ2v) is 4.18. The predicted octanol–water partition coefficient (Wildman–Crippen LogP) is 1.61. The first-order chi connectivity index (χ1) is 8.69. The van der Waals surface area contributed by atoms with Crippen molar-refractivity contribution in [2.45, 2.75) is 18.5 Å². The first-order valence-electron chi connectivity index (χ1n) is 5.67. The summed E-state index contributed by atoms with van der Waals surface area (Å²) in [6.07, 6.45) is 2.23. The number of hydrogen-bond donors (Lipinski definition) is 2. The molecule has 0 aliphatic carbocycles. The third-order valence-corrected chi connectivity index (χ3v) is 2.66. The van der Waals surface area contributed by atoms with Crippen molar-refractivity contribution in [3.8, 4) is 0 Å². The highest BCUT2D eigenvalue weighted by Gasteiger charge is 2.04. The third kappa shape index (κ3) is 4.79. The minimum atomic E-state index is -0.242. The number of thioether (sulfide) groups is 1. The number of esters is 1. The second-order valence-electron chi connectivity index (χ2n) is 3.41. The van der Waals surface area contributed by atoms with Gasteiger partial charge in [-0.2, -0.15) is 0 Å². The Hall–Kier alpha value is -1.50. The molecule has 0 radical (unpaired) electrons. The molecule has 0 spiro atoms. The Morgan fingerprint density at radius 3 is 2.61 bits per heavy atom. The average molecular weight is 270 g/mol. The van der Waals surface area contributed by atoms with Crippen LogP contribution in [0.25, 0.3) is 0 Å².